The van der Waals surface area contributed by atoms with Crippen LogP contribution in [0.15, 0.2) is 35.1 Å². The molecule has 17 nitrogen and oxygen atoms in total. The average molecular weight is 869 g/mol. The number of ether oxygens (including phenoxy) is 7. The van der Waals surface area contributed by atoms with Crippen LogP contribution in [-0.4, -0.2) is 175 Å². The lowest BCUT2D eigenvalue weighted by Crippen LogP contribution is -2.63. The molecule has 6 fully saturated rings. The van der Waals surface area contributed by atoms with Gasteiger partial charge in [-0.25, -0.2) is 0 Å². The number of fused-ring (bicyclic) bond motifs is 7. The molecule has 0 unspecified atom stereocenters. The van der Waals surface area contributed by atoms with Gasteiger partial charge in [-0.2, -0.15) is 0 Å². The Bertz CT molecular complexity index is 1660. The van der Waals surface area contributed by atoms with Crippen LogP contribution in [0.1, 0.15) is 79.1 Å². The molecule has 346 valence electrons. The second-order valence-electron chi connectivity index (χ2n) is 19.7. The Kier molecular flexibility index (Phi) is 13.3. The summed E-state index contributed by atoms with van der Waals surface area (Å²) in [4.78, 5) is 0. The molecule has 3 saturated heterocycles. The third kappa shape index (κ3) is 7.99. The zero-order chi connectivity index (χ0) is 43.9. The topological polar surface area (TPSA) is 267 Å². The zero-order valence-electron chi connectivity index (χ0n) is 35.5. The molecular formula is C44H68O17. The Morgan fingerprint density at radius 1 is 0.852 bits per heavy atom. The van der Waals surface area contributed by atoms with E-state index in [0.717, 1.165) is 42.6 Å². The standard InChI is InChI=1S/C44H68O17/c1-18(16-55-40-37(53)36(52)34(50)29(15-45)59-40)6-9-27-19(2)31-28(58-27)14-25-23-8-7-21-12-22(46)13-30(44(21,5)24(23)10-11-43(25,31)4)60-42-39(33(49)26(47)17-56-42)61-41-38(54)35(51)32(48)20(3)57-41/h7,20,22-26,28-42,45-54H,1,6,8-17H2,2-5H3/t20-,22+,23+,24-,25-,26-,28-,29+,30+,31-,32-,33-,34+,35+,36-,37+,38+,39+,40+,41-,42-,43-,44-/m0/s1. The van der Waals surface area contributed by atoms with Gasteiger partial charge in [0.25, 0.3) is 0 Å². The van der Waals surface area contributed by atoms with Crippen molar-refractivity contribution in [2.75, 3.05) is 19.8 Å². The van der Waals surface area contributed by atoms with Crippen LogP contribution < -0.4 is 0 Å². The van der Waals surface area contributed by atoms with E-state index in [4.69, 9.17) is 33.2 Å². The van der Waals surface area contributed by atoms with E-state index in [-0.39, 0.29) is 36.6 Å². The molecule has 61 heavy (non-hydrogen) atoms. The molecule has 4 aliphatic heterocycles. The van der Waals surface area contributed by atoms with Crippen LogP contribution in [0.4, 0.5) is 0 Å². The van der Waals surface area contributed by atoms with Crippen LogP contribution in [0.5, 0.6) is 0 Å². The smallest absolute Gasteiger partial charge is 0.187 e. The Balaban J connectivity index is 0.940. The highest BCUT2D eigenvalue weighted by molar-refractivity contribution is 5.31. The van der Waals surface area contributed by atoms with Gasteiger partial charge in [-0.05, 0) is 81.1 Å². The summed E-state index contributed by atoms with van der Waals surface area (Å²) in [5.41, 5.74) is 2.61. The number of rotatable bonds is 11. The van der Waals surface area contributed by atoms with Gasteiger partial charge in [-0.1, -0.05) is 37.6 Å². The highest BCUT2D eigenvalue weighted by Gasteiger charge is 2.65. The number of aliphatic hydroxyl groups excluding tert-OH is 10. The molecule has 17 heteroatoms. The van der Waals surface area contributed by atoms with E-state index in [0.29, 0.717) is 37.5 Å². The molecule has 0 bridgehead atoms. The molecule has 0 amide bonds. The molecule has 0 spiro atoms. The third-order valence-corrected chi connectivity index (χ3v) is 16.2. The van der Waals surface area contributed by atoms with E-state index in [9.17, 15) is 51.1 Å². The molecule has 0 aromatic rings. The number of hydrogen-bond acceptors (Lipinski definition) is 17. The summed E-state index contributed by atoms with van der Waals surface area (Å²) in [6, 6.07) is 0. The molecule has 0 aromatic carbocycles. The van der Waals surface area contributed by atoms with E-state index >= 15 is 0 Å². The molecule has 3 saturated carbocycles. The largest absolute Gasteiger partial charge is 0.494 e. The van der Waals surface area contributed by atoms with E-state index in [1.54, 1.807) is 0 Å². The van der Waals surface area contributed by atoms with Crippen LogP contribution in [-0.2, 0) is 33.2 Å². The Morgan fingerprint density at radius 2 is 1.57 bits per heavy atom. The normalized spacial score (nSPS) is 52.1. The molecular weight excluding hydrogens is 800 g/mol. The first-order valence-corrected chi connectivity index (χ1v) is 22.2. The SMILES string of the molecule is C=C(CCC1=C(C)[C@H]2[C@H](C[C@H]3[C@@H]4CC=C5C[C@@H](O)C[C@@H](O[C@@H]6OC[C@H](O)[C@H](O)[C@H]6O[C@@H]6O[C@@H](C)[C@H](O)[C@@H](O)[C@H]6O)[C@]5(C)[C@H]4CC[C@@]32C)O1)CO[C@@H]1O[C@H](CO)[C@@H](O)[C@H](O)[C@H]1O. The zero-order valence-corrected chi connectivity index (χ0v) is 35.5. The second-order valence-corrected chi connectivity index (χ2v) is 19.7. The van der Waals surface area contributed by atoms with Gasteiger partial charge in [-0.15, -0.1) is 0 Å². The summed E-state index contributed by atoms with van der Waals surface area (Å²) in [7, 11) is 0. The molecule has 0 aromatic heterocycles. The Morgan fingerprint density at radius 3 is 2.31 bits per heavy atom. The van der Waals surface area contributed by atoms with Gasteiger partial charge < -0.3 is 84.2 Å². The monoisotopic (exact) mass is 868 g/mol. The lowest BCUT2D eigenvalue weighted by Gasteiger charge is -2.60. The molecule has 0 radical (unpaired) electrons. The lowest BCUT2D eigenvalue weighted by molar-refractivity contribution is -0.362. The summed E-state index contributed by atoms with van der Waals surface area (Å²) in [5, 5.41) is 104. The van der Waals surface area contributed by atoms with Crippen LogP contribution in [0.25, 0.3) is 0 Å². The van der Waals surface area contributed by atoms with Crippen molar-refractivity contribution in [1.82, 2.24) is 0 Å². The quantitative estimate of drug-likeness (QED) is 0.119. The van der Waals surface area contributed by atoms with Crippen molar-refractivity contribution in [3.63, 3.8) is 0 Å². The van der Waals surface area contributed by atoms with Crippen molar-refractivity contribution >= 4 is 0 Å². The van der Waals surface area contributed by atoms with Crippen LogP contribution >= 0.6 is 0 Å². The first-order chi connectivity index (χ1) is 28.9. The molecule has 8 aliphatic rings. The predicted molar refractivity (Wildman–Crippen MR) is 211 cm³/mol. The van der Waals surface area contributed by atoms with Gasteiger partial charge in [-0.3, -0.25) is 0 Å². The lowest BCUT2D eigenvalue weighted by atomic mass is 9.46. The van der Waals surface area contributed by atoms with Gasteiger partial charge in [0.2, 0.25) is 0 Å². The van der Waals surface area contributed by atoms with Gasteiger partial charge in [0.1, 0.15) is 67.1 Å². The maximum absolute atomic E-state index is 11.2. The van der Waals surface area contributed by atoms with Crippen LogP contribution in [0.3, 0.4) is 0 Å². The third-order valence-electron chi connectivity index (χ3n) is 16.2. The molecule has 10 N–H and O–H groups in total. The Hall–Kier alpha value is -1.62. The maximum atomic E-state index is 11.2. The highest BCUT2D eigenvalue weighted by Crippen LogP contribution is 2.69. The van der Waals surface area contributed by atoms with Gasteiger partial charge >= 0.3 is 0 Å². The van der Waals surface area contributed by atoms with E-state index in [1.165, 1.54) is 12.5 Å². The molecule has 4 heterocycles. The van der Waals surface area contributed by atoms with Gasteiger partial charge in [0.05, 0.1) is 43.9 Å². The fourth-order valence-corrected chi connectivity index (χ4v) is 12.7. The minimum absolute atomic E-state index is 0.0189. The van der Waals surface area contributed by atoms with Gasteiger partial charge in [0.15, 0.2) is 18.9 Å². The van der Waals surface area contributed by atoms with Crippen molar-refractivity contribution < 1.29 is 84.2 Å². The summed E-state index contributed by atoms with van der Waals surface area (Å²) in [6.07, 6.45) is -12.2. The predicted octanol–water partition coefficient (Wildman–Crippen LogP) is -0.352. The van der Waals surface area contributed by atoms with Crippen molar-refractivity contribution in [2.24, 2.45) is 34.5 Å². The number of aliphatic hydroxyl groups is 10. The first-order valence-electron chi connectivity index (χ1n) is 22.2. The molecule has 4 aliphatic carbocycles. The minimum Gasteiger partial charge on any atom is -0.494 e. The maximum Gasteiger partial charge on any atom is 0.187 e. The summed E-state index contributed by atoms with van der Waals surface area (Å²) < 4.78 is 42.5. The van der Waals surface area contributed by atoms with E-state index in [2.05, 4.69) is 33.4 Å². The summed E-state index contributed by atoms with van der Waals surface area (Å²) >= 11 is 0. The summed E-state index contributed by atoms with van der Waals surface area (Å²) in [6.45, 7) is 11.8. The first kappa shape index (κ1) is 45.9. The van der Waals surface area contributed by atoms with E-state index < -0.39 is 110 Å². The van der Waals surface area contributed by atoms with E-state index in [1.807, 2.05) is 0 Å². The fraction of sp³-hybridized carbons (Fsp3) is 0.864. The summed E-state index contributed by atoms with van der Waals surface area (Å²) in [5.74, 6) is 2.07. The second kappa shape index (κ2) is 17.6. The van der Waals surface area contributed by atoms with Crippen molar-refractivity contribution in [1.29, 1.82) is 0 Å². The number of hydrogen-bond donors (Lipinski definition) is 10. The average Bonchev–Trinajstić information content (AvgIpc) is 3.72. The highest BCUT2D eigenvalue weighted by atomic mass is 16.8. The van der Waals surface area contributed by atoms with Crippen molar-refractivity contribution in [2.45, 2.75) is 183 Å². The Labute approximate surface area is 356 Å². The van der Waals surface area contributed by atoms with Gasteiger partial charge in [0, 0.05) is 24.2 Å². The van der Waals surface area contributed by atoms with Crippen LogP contribution in [0, 0.1) is 34.5 Å². The molecule has 23 atom stereocenters. The van der Waals surface area contributed by atoms with Crippen molar-refractivity contribution in [3.8, 4) is 0 Å². The van der Waals surface area contributed by atoms with Crippen LogP contribution in [0.2, 0.25) is 0 Å². The molecule has 8 rings (SSSR count). The minimum atomic E-state index is -1.64. The number of allylic oxidation sites excluding steroid dienone is 2. The van der Waals surface area contributed by atoms with Crippen molar-refractivity contribution in [3.05, 3.63) is 35.1 Å². The fourth-order valence-electron chi connectivity index (χ4n) is 12.7.